The fourth-order valence-corrected chi connectivity index (χ4v) is 6.00. The van der Waals surface area contributed by atoms with Gasteiger partial charge in [-0.15, -0.1) is 11.3 Å². The summed E-state index contributed by atoms with van der Waals surface area (Å²) in [6.07, 6.45) is 14.5. The van der Waals surface area contributed by atoms with Crippen molar-refractivity contribution >= 4 is 29.6 Å². The van der Waals surface area contributed by atoms with Crippen molar-refractivity contribution in [3.63, 3.8) is 0 Å². The van der Waals surface area contributed by atoms with Crippen molar-refractivity contribution in [1.29, 1.82) is 0 Å². The molecule has 3 aromatic carbocycles. The van der Waals surface area contributed by atoms with Gasteiger partial charge in [0.25, 0.3) is 0 Å². The summed E-state index contributed by atoms with van der Waals surface area (Å²) >= 11 is 1.91. The highest BCUT2D eigenvalue weighted by Gasteiger charge is 2.13. The maximum Gasteiger partial charge on any atom is 0.126 e. The number of methoxy groups -OCH3 is 2. The number of unbranched alkanes of at least 4 members (excludes halogenated alkanes) is 3. The van der Waals surface area contributed by atoms with Gasteiger partial charge in [0.1, 0.15) is 11.5 Å². The van der Waals surface area contributed by atoms with Crippen molar-refractivity contribution in [3.05, 3.63) is 101 Å². The Morgan fingerprint density at radius 3 is 1.97 bits per heavy atom. The summed E-state index contributed by atoms with van der Waals surface area (Å²) in [5.74, 6) is 1.66. The second-order valence-corrected chi connectivity index (χ2v) is 11.0. The molecule has 4 aromatic rings. The summed E-state index contributed by atoms with van der Waals surface area (Å²) in [7, 11) is 3.41. The first-order valence-corrected chi connectivity index (χ1v) is 14.7. The zero-order chi connectivity index (χ0) is 27.6. The lowest BCUT2D eigenvalue weighted by molar-refractivity contribution is 0.401. The average Bonchev–Trinajstić information content (AvgIpc) is 3.39. The largest absolute Gasteiger partial charge is 0.496 e. The van der Waals surface area contributed by atoms with Gasteiger partial charge in [-0.2, -0.15) is 0 Å². The van der Waals surface area contributed by atoms with Crippen LogP contribution in [0.25, 0.3) is 39.1 Å². The van der Waals surface area contributed by atoms with E-state index in [2.05, 4.69) is 80.6 Å². The Bertz CT molecular complexity index is 1410. The van der Waals surface area contributed by atoms with Crippen LogP contribution in [0, 0.1) is 6.92 Å². The van der Waals surface area contributed by atoms with Crippen LogP contribution in [0.2, 0.25) is 0 Å². The summed E-state index contributed by atoms with van der Waals surface area (Å²) in [6.45, 7) is 6.41. The van der Waals surface area contributed by atoms with Crippen LogP contribution in [-0.2, 0) is 6.42 Å². The lowest BCUT2D eigenvalue weighted by atomic mass is 10.0. The van der Waals surface area contributed by atoms with Crippen LogP contribution in [-0.4, -0.2) is 14.2 Å². The first-order chi connectivity index (χ1) is 19.1. The number of allylic oxidation sites excluding steroid dienone is 1. The maximum absolute atomic E-state index is 5.66. The minimum atomic E-state index is 0.826. The average molecular weight is 537 g/mol. The Hall–Kier alpha value is -3.56. The van der Waals surface area contributed by atoms with Crippen LogP contribution in [0.15, 0.2) is 72.8 Å². The van der Waals surface area contributed by atoms with Gasteiger partial charge >= 0.3 is 0 Å². The Morgan fingerprint density at radius 1 is 0.718 bits per heavy atom. The minimum Gasteiger partial charge on any atom is -0.496 e. The lowest BCUT2D eigenvalue weighted by Gasteiger charge is -2.11. The molecule has 1 aromatic heterocycles. The second kappa shape index (κ2) is 14.0. The molecule has 0 aliphatic heterocycles. The lowest BCUT2D eigenvalue weighted by Crippen LogP contribution is -1.93. The molecule has 1 heterocycles. The highest BCUT2D eigenvalue weighted by Crippen LogP contribution is 2.39. The van der Waals surface area contributed by atoms with Gasteiger partial charge in [0.2, 0.25) is 0 Å². The zero-order valence-corrected chi connectivity index (χ0v) is 24.7. The highest BCUT2D eigenvalue weighted by molar-refractivity contribution is 7.19. The summed E-state index contributed by atoms with van der Waals surface area (Å²) in [5.41, 5.74) is 8.49. The Kier molecular flexibility index (Phi) is 10.2. The molecule has 0 radical (unpaired) electrons. The van der Waals surface area contributed by atoms with E-state index in [9.17, 15) is 0 Å². The molecule has 3 heteroatoms. The number of rotatable bonds is 12. The van der Waals surface area contributed by atoms with Crippen molar-refractivity contribution < 1.29 is 9.47 Å². The molecular formula is C36H40O2S. The predicted molar refractivity (Wildman–Crippen MR) is 171 cm³/mol. The van der Waals surface area contributed by atoms with Gasteiger partial charge < -0.3 is 9.47 Å². The van der Waals surface area contributed by atoms with Crippen LogP contribution >= 0.6 is 11.3 Å². The number of ether oxygens (including phenoxy) is 2. The number of aryl methyl sites for hydroxylation is 2. The molecule has 0 bridgehead atoms. The standard InChI is InChI=1S/C36H40O2S/c1-6-8-9-10-12-32-25-35(28-18-13-26(3)14-19-28)39-36(32)29-20-15-27(16-21-29)17-22-31-24-33(37-4)30(11-7-2)23-34(31)38-5/h7,11,13-25H,6,8-10,12H2,1-5H3/b11-7+,22-17+. The van der Waals surface area contributed by atoms with Crippen molar-refractivity contribution in [2.75, 3.05) is 14.2 Å². The van der Waals surface area contributed by atoms with E-state index in [1.807, 2.05) is 42.5 Å². The Balaban J connectivity index is 1.60. The first kappa shape index (κ1) is 28.4. The fourth-order valence-electron chi connectivity index (χ4n) is 4.78. The molecule has 0 aliphatic carbocycles. The van der Waals surface area contributed by atoms with Gasteiger partial charge in [-0.05, 0) is 67.1 Å². The van der Waals surface area contributed by atoms with Crippen molar-refractivity contribution in [2.45, 2.75) is 52.9 Å². The van der Waals surface area contributed by atoms with Gasteiger partial charge in [-0.1, -0.05) is 105 Å². The van der Waals surface area contributed by atoms with Crippen LogP contribution < -0.4 is 9.47 Å². The van der Waals surface area contributed by atoms with E-state index >= 15 is 0 Å². The van der Waals surface area contributed by atoms with E-state index in [-0.39, 0.29) is 0 Å². The van der Waals surface area contributed by atoms with Crippen molar-refractivity contribution in [1.82, 2.24) is 0 Å². The number of benzene rings is 3. The molecule has 0 atom stereocenters. The first-order valence-electron chi connectivity index (χ1n) is 13.9. The normalized spacial score (nSPS) is 11.5. The highest BCUT2D eigenvalue weighted by atomic mass is 32.1. The van der Waals surface area contributed by atoms with Crippen molar-refractivity contribution in [3.8, 4) is 32.4 Å². The van der Waals surface area contributed by atoms with Gasteiger partial charge in [0.05, 0.1) is 14.2 Å². The third kappa shape index (κ3) is 7.30. The van der Waals surface area contributed by atoms with Crippen LogP contribution in [0.1, 0.15) is 67.3 Å². The van der Waals surface area contributed by atoms with E-state index in [0.717, 1.165) is 34.6 Å². The molecule has 202 valence electrons. The van der Waals surface area contributed by atoms with E-state index in [0.29, 0.717) is 0 Å². The Morgan fingerprint density at radius 2 is 1.36 bits per heavy atom. The Labute approximate surface area is 238 Å². The second-order valence-electron chi connectivity index (χ2n) is 9.93. The van der Waals surface area contributed by atoms with Crippen molar-refractivity contribution in [2.24, 2.45) is 0 Å². The van der Waals surface area contributed by atoms with Gasteiger partial charge in [0.15, 0.2) is 0 Å². The molecule has 0 saturated carbocycles. The number of hydrogen-bond donors (Lipinski definition) is 0. The molecule has 0 saturated heterocycles. The summed E-state index contributed by atoms with van der Waals surface area (Å²) in [5, 5.41) is 0. The molecule has 0 fully saturated rings. The predicted octanol–water partition coefficient (Wildman–Crippen LogP) is 10.7. The molecule has 0 spiro atoms. The molecule has 0 unspecified atom stereocenters. The third-order valence-electron chi connectivity index (χ3n) is 7.00. The van der Waals surface area contributed by atoms with E-state index in [1.54, 1.807) is 14.2 Å². The molecule has 0 amide bonds. The number of hydrogen-bond acceptors (Lipinski definition) is 3. The molecule has 0 aliphatic rings. The molecule has 2 nitrogen and oxygen atoms in total. The quantitative estimate of drug-likeness (QED) is 0.132. The summed E-state index contributed by atoms with van der Waals surface area (Å²) in [4.78, 5) is 2.74. The number of thiophene rings is 1. The monoisotopic (exact) mass is 536 g/mol. The molecular weight excluding hydrogens is 496 g/mol. The summed E-state index contributed by atoms with van der Waals surface area (Å²) < 4.78 is 11.3. The SMILES string of the molecule is C/C=C/c1cc(OC)c(/C=C/c2ccc(-c3sc(-c4ccc(C)cc4)cc3CCCCCC)cc2)cc1OC. The van der Waals surface area contributed by atoms with E-state index in [4.69, 9.17) is 9.47 Å². The zero-order valence-electron chi connectivity index (χ0n) is 23.9. The smallest absolute Gasteiger partial charge is 0.126 e. The van der Waals surface area contributed by atoms with Crippen LogP contribution in [0.3, 0.4) is 0 Å². The summed E-state index contributed by atoms with van der Waals surface area (Å²) in [6, 6.07) is 24.3. The van der Waals surface area contributed by atoms with E-state index < -0.39 is 0 Å². The minimum absolute atomic E-state index is 0.826. The third-order valence-corrected chi connectivity index (χ3v) is 8.28. The molecule has 4 rings (SSSR count). The fraction of sp³-hybridized carbons (Fsp3) is 0.278. The molecule has 39 heavy (non-hydrogen) atoms. The van der Waals surface area contributed by atoms with Gasteiger partial charge in [0, 0.05) is 20.9 Å². The van der Waals surface area contributed by atoms with Gasteiger partial charge in [-0.25, -0.2) is 0 Å². The molecule has 0 N–H and O–H groups in total. The van der Waals surface area contributed by atoms with Crippen LogP contribution in [0.5, 0.6) is 11.5 Å². The topological polar surface area (TPSA) is 18.5 Å². The van der Waals surface area contributed by atoms with E-state index in [1.165, 1.54) is 57.7 Å². The van der Waals surface area contributed by atoms with Gasteiger partial charge in [-0.3, -0.25) is 0 Å². The maximum atomic E-state index is 5.66. The van der Waals surface area contributed by atoms with Crippen LogP contribution in [0.4, 0.5) is 0 Å².